The van der Waals surface area contributed by atoms with E-state index in [9.17, 15) is 0 Å². The molecule has 0 aromatic rings. The lowest BCUT2D eigenvalue weighted by atomic mass is 9.62. The topological polar surface area (TPSA) is 12.0 Å². The van der Waals surface area contributed by atoms with Crippen molar-refractivity contribution < 1.29 is 0 Å². The second-order valence-electron chi connectivity index (χ2n) is 7.45. The monoisotopic (exact) mass is 263 g/mol. The number of hydrogen-bond donors (Lipinski definition) is 1. The Morgan fingerprint density at radius 1 is 0.474 bits per heavy atom. The summed E-state index contributed by atoms with van der Waals surface area (Å²) < 4.78 is 0. The third kappa shape index (κ3) is 3.54. The zero-order chi connectivity index (χ0) is 12.9. The highest BCUT2D eigenvalue weighted by atomic mass is 14.8. The van der Waals surface area contributed by atoms with E-state index in [1.54, 1.807) is 25.7 Å². The smallest absolute Gasteiger partial charge is 0.00461 e. The molecule has 0 spiro atoms. The summed E-state index contributed by atoms with van der Waals surface area (Å²) in [5, 5.41) is 3.68. The minimum absolute atomic E-state index is 1.07. The zero-order valence-corrected chi connectivity index (χ0v) is 12.7. The molecule has 3 rings (SSSR count). The van der Waals surface area contributed by atoms with Crippen molar-refractivity contribution in [2.24, 2.45) is 23.7 Å². The van der Waals surface area contributed by atoms with Crippen molar-refractivity contribution in [1.82, 2.24) is 5.32 Å². The van der Waals surface area contributed by atoms with Crippen molar-refractivity contribution in [2.75, 3.05) is 13.1 Å². The predicted octanol–water partition coefficient (Wildman–Crippen LogP) is 4.76. The van der Waals surface area contributed by atoms with Gasteiger partial charge in [0.1, 0.15) is 0 Å². The third-order valence-corrected chi connectivity index (χ3v) is 6.36. The van der Waals surface area contributed by atoms with Crippen LogP contribution in [0.25, 0.3) is 0 Å². The zero-order valence-electron chi connectivity index (χ0n) is 12.7. The normalized spacial score (nSPS) is 38.8. The summed E-state index contributed by atoms with van der Waals surface area (Å²) in [6, 6.07) is 0. The van der Waals surface area contributed by atoms with Gasteiger partial charge in [0.25, 0.3) is 0 Å². The van der Waals surface area contributed by atoms with Crippen LogP contribution < -0.4 is 5.32 Å². The average Bonchev–Trinajstić information content (AvgIpc) is 2.59. The van der Waals surface area contributed by atoms with Gasteiger partial charge in [0.2, 0.25) is 0 Å². The minimum Gasteiger partial charge on any atom is -0.317 e. The van der Waals surface area contributed by atoms with E-state index >= 15 is 0 Å². The second-order valence-corrected chi connectivity index (χ2v) is 7.45. The van der Waals surface area contributed by atoms with E-state index in [0.717, 1.165) is 23.7 Å². The lowest BCUT2D eigenvalue weighted by Crippen LogP contribution is -2.35. The van der Waals surface area contributed by atoms with Gasteiger partial charge in [0, 0.05) is 0 Å². The van der Waals surface area contributed by atoms with E-state index in [1.165, 1.54) is 64.5 Å². The highest BCUT2D eigenvalue weighted by Gasteiger charge is 2.37. The van der Waals surface area contributed by atoms with Crippen LogP contribution in [0.3, 0.4) is 0 Å². The van der Waals surface area contributed by atoms with Crippen molar-refractivity contribution >= 4 is 0 Å². The highest BCUT2D eigenvalue weighted by molar-refractivity contribution is 4.88. The first-order valence-corrected chi connectivity index (χ1v) is 9.16. The number of nitrogens with one attached hydrogen (secondary N) is 1. The molecule has 110 valence electrons. The van der Waals surface area contributed by atoms with Crippen LogP contribution in [0.2, 0.25) is 0 Å². The van der Waals surface area contributed by atoms with Gasteiger partial charge in [-0.15, -0.1) is 0 Å². The molecule has 0 amide bonds. The Bertz CT molecular complexity index is 256. The predicted molar refractivity (Wildman–Crippen MR) is 82.2 cm³/mol. The minimum atomic E-state index is 1.07. The van der Waals surface area contributed by atoms with Crippen molar-refractivity contribution in [2.45, 2.75) is 77.0 Å². The van der Waals surface area contributed by atoms with Crippen LogP contribution in [0.4, 0.5) is 0 Å². The summed E-state index contributed by atoms with van der Waals surface area (Å²) in [6.45, 7) is 2.57. The van der Waals surface area contributed by atoms with E-state index in [0.29, 0.717) is 0 Å². The maximum atomic E-state index is 3.68. The van der Waals surface area contributed by atoms with Crippen LogP contribution in [0, 0.1) is 23.7 Å². The fourth-order valence-electron chi connectivity index (χ4n) is 5.40. The molecule has 0 radical (unpaired) electrons. The fourth-order valence-corrected chi connectivity index (χ4v) is 5.40. The first-order valence-electron chi connectivity index (χ1n) is 9.16. The largest absolute Gasteiger partial charge is 0.317 e. The van der Waals surface area contributed by atoms with Gasteiger partial charge in [-0.1, -0.05) is 57.8 Å². The fraction of sp³-hybridized carbons (Fsp3) is 1.00. The van der Waals surface area contributed by atoms with Gasteiger partial charge < -0.3 is 5.32 Å². The standard InChI is InChI=1S/C18H33N/c1-2-7-15(8-3-1)17-11-6-10-16-9-4-5-13-19-14-12-18(16)17/h15-19H,1-14H2. The van der Waals surface area contributed by atoms with Gasteiger partial charge in [-0.3, -0.25) is 0 Å². The molecule has 3 aliphatic rings. The number of fused-ring (bicyclic) bond motifs is 1. The Labute approximate surface area is 119 Å². The molecule has 0 aromatic heterocycles. The van der Waals surface area contributed by atoms with Crippen molar-refractivity contribution in [1.29, 1.82) is 0 Å². The molecule has 0 bridgehead atoms. The lowest BCUT2D eigenvalue weighted by molar-refractivity contribution is 0.0701. The summed E-state index contributed by atoms with van der Waals surface area (Å²) in [4.78, 5) is 0. The first kappa shape index (κ1) is 13.9. The van der Waals surface area contributed by atoms with Gasteiger partial charge in [0.15, 0.2) is 0 Å². The summed E-state index contributed by atoms with van der Waals surface area (Å²) in [5.41, 5.74) is 0. The van der Waals surface area contributed by atoms with Gasteiger partial charge >= 0.3 is 0 Å². The molecule has 3 unspecified atom stereocenters. The Morgan fingerprint density at radius 3 is 1.89 bits per heavy atom. The van der Waals surface area contributed by atoms with Crippen LogP contribution in [0.5, 0.6) is 0 Å². The van der Waals surface area contributed by atoms with Crippen LogP contribution in [-0.4, -0.2) is 13.1 Å². The summed E-state index contributed by atoms with van der Waals surface area (Å²) in [5.74, 6) is 4.35. The molecule has 1 N–H and O–H groups in total. The number of rotatable bonds is 1. The molecular formula is C18H33N. The molecule has 19 heavy (non-hydrogen) atoms. The summed E-state index contributed by atoms with van der Waals surface area (Å²) in [7, 11) is 0. The lowest BCUT2D eigenvalue weighted by Gasteiger charge is -2.43. The molecule has 3 fully saturated rings. The second kappa shape index (κ2) is 7.11. The first-order chi connectivity index (χ1) is 9.45. The molecule has 3 atom stereocenters. The molecule has 2 saturated carbocycles. The quantitative estimate of drug-likeness (QED) is 0.719. The Balaban J connectivity index is 1.67. The van der Waals surface area contributed by atoms with E-state index in [2.05, 4.69) is 5.32 Å². The maximum Gasteiger partial charge on any atom is -0.00461 e. The van der Waals surface area contributed by atoms with Crippen LogP contribution in [-0.2, 0) is 0 Å². The molecule has 2 aliphatic carbocycles. The van der Waals surface area contributed by atoms with Crippen molar-refractivity contribution in [3.8, 4) is 0 Å². The van der Waals surface area contributed by atoms with Crippen LogP contribution >= 0.6 is 0 Å². The molecular weight excluding hydrogens is 230 g/mol. The molecule has 1 nitrogen and oxygen atoms in total. The summed E-state index contributed by atoms with van der Waals surface area (Å²) >= 11 is 0. The van der Waals surface area contributed by atoms with Crippen molar-refractivity contribution in [3.63, 3.8) is 0 Å². The molecule has 1 aliphatic heterocycles. The van der Waals surface area contributed by atoms with E-state index in [-0.39, 0.29) is 0 Å². The Hall–Kier alpha value is -0.0400. The van der Waals surface area contributed by atoms with Gasteiger partial charge in [0.05, 0.1) is 0 Å². The Kier molecular flexibility index (Phi) is 5.21. The van der Waals surface area contributed by atoms with E-state index in [1.807, 2.05) is 0 Å². The molecule has 1 heterocycles. The average molecular weight is 263 g/mol. The van der Waals surface area contributed by atoms with Crippen molar-refractivity contribution in [3.05, 3.63) is 0 Å². The maximum absolute atomic E-state index is 3.68. The van der Waals surface area contributed by atoms with E-state index in [4.69, 9.17) is 0 Å². The van der Waals surface area contributed by atoms with Crippen LogP contribution in [0.15, 0.2) is 0 Å². The highest BCUT2D eigenvalue weighted by Crippen LogP contribution is 2.46. The van der Waals surface area contributed by atoms with Gasteiger partial charge in [-0.2, -0.15) is 0 Å². The molecule has 1 heteroatoms. The molecule has 0 aromatic carbocycles. The summed E-state index contributed by atoms with van der Waals surface area (Å²) in [6.07, 6.45) is 18.2. The molecule has 1 saturated heterocycles. The third-order valence-electron chi connectivity index (χ3n) is 6.36. The van der Waals surface area contributed by atoms with Gasteiger partial charge in [-0.05, 0) is 56.0 Å². The van der Waals surface area contributed by atoms with Gasteiger partial charge in [-0.25, -0.2) is 0 Å². The van der Waals surface area contributed by atoms with E-state index < -0.39 is 0 Å². The van der Waals surface area contributed by atoms with Crippen LogP contribution in [0.1, 0.15) is 77.0 Å². The SMILES string of the molecule is C1CCC(C2CCCC3CCCCNCCC32)CC1. The number of hydrogen-bond acceptors (Lipinski definition) is 1. The Morgan fingerprint density at radius 2 is 1.11 bits per heavy atom.